The van der Waals surface area contributed by atoms with Crippen LogP contribution in [0, 0.1) is 0 Å². The molecule has 0 radical (unpaired) electrons. The molecule has 1 heterocycles. The van der Waals surface area contributed by atoms with Gasteiger partial charge in [-0.2, -0.15) is 0 Å². The Morgan fingerprint density at radius 1 is 0.583 bits per heavy atom. The topological polar surface area (TPSA) is 4.93 Å². The minimum Gasteiger partial charge on any atom is -0.309 e. The van der Waals surface area contributed by atoms with Crippen LogP contribution in [0.25, 0.3) is 44.2 Å². The first-order valence-corrected chi connectivity index (χ1v) is 16.9. The molecule has 2 aliphatic carbocycles. The lowest BCUT2D eigenvalue weighted by Crippen LogP contribution is -2.29. The Bertz CT molecular complexity index is 2480. The summed E-state index contributed by atoms with van der Waals surface area (Å²) >= 11 is 0. The number of fused-ring (bicyclic) bond motifs is 8. The highest BCUT2D eigenvalue weighted by Crippen LogP contribution is 2.56. The highest BCUT2D eigenvalue weighted by molar-refractivity contribution is 6.14. The Morgan fingerprint density at radius 2 is 1.23 bits per heavy atom. The number of aromatic nitrogens is 1. The summed E-state index contributed by atoms with van der Waals surface area (Å²) in [4.78, 5) is 0. The maximum absolute atomic E-state index is 4.01. The summed E-state index contributed by atoms with van der Waals surface area (Å²) in [5.74, 6) is 0. The largest absolute Gasteiger partial charge is 0.309 e. The molecule has 1 nitrogen and oxygen atoms in total. The molecule has 1 unspecified atom stereocenters. The van der Waals surface area contributed by atoms with E-state index >= 15 is 0 Å². The highest BCUT2D eigenvalue weighted by atomic mass is 15.0. The number of rotatable bonds is 5. The van der Waals surface area contributed by atoms with Gasteiger partial charge >= 0.3 is 0 Å². The van der Waals surface area contributed by atoms with Crippen molar-refractivity contribution in [1.82, 2.24) is 4.57 Å². The first kappa shape index (κ1) is 28.6. The minimum absolute atomic E-state index is 0.0955. The van der Waals surface area contributed by atoms with Crippen LogP contribution in [-0.2, 0) is 10.8 Å². The van der Waals surface area contributed by atoms with Gasteiger partial charge in [0.15, 0.2) is 0 Å². The fourth-order valence-electron chi connectivity index (χ4n) is 9.07. The smallest absolute Gasteiger partial charge is 0.0710 e. The molecular weight excluding hydrogens is 579 g/mol. The van der Waals surface area contributed by atoms with Gasteiger partial charge in [-0.1, -0.05) is 154 Å². The Hall–Kier alpha value is -5.66. The number of hydrogen-bond donors (Lipinski definition) is 0. The molecule has 1 aromatic heterocycles. The van der Waals surface area contributed by atoms with Crippen LogP contribution in [0.4, 0.5) is 0 Å². The minimum atomic E-state index is -0.447. The normalized spacial score (nSPS) is 17.6. The molecule has 0 amide bonds. The maximum atomic E-state index is 4.01. The van der Waals surface area contributed by atoms with E-state index in [2.05, 4.69) is 184 Å². The molecule has 0 spiro atoms. The summed E-state index contributed by atoms with van der Waals surface area (Å²) in [6.45, 7) is 11.0. The molecule has 0 saturated carbocycles. The summed E-state index contributed by atoms with van der Waals surface area (Å²) in [5.41, 5.74) is 16.4. The molecular formula is C47H37N. The molecule has 1 heteroatoms. The average Bonchev–Trinajstić information content (AvgIpc) is 3.69. The van der Waals surface area contributed by atoms with Crippen LogP contribution in [0.1, 0.15) is 54.2 Å². The molecule has 1 atom stereocenters. The zero-order chi connectivity index (χ0) is 32.6. The van der Waals surface area contributed by atoms with Crippen molar-refractivity contribution in [2.24, 2.45) is 0 Å². The number of benzene rings is 6. The average molecular weight is 616 g/mol. The predicted molar refractivity (Wildman–Crippen MR) is 203 cm³/mol. The monoisotopic (exact) mass is 615 g/mol. The lowest BCUT2D eigenvalue weighted by Gasteiger charge is -2.35. The second-order valence-electron chi connectivity index (χ2n) is 13.7. The van der Waals surface area contributed by atoms with E-state index in [1.807, 2.05) is 6.08 Å². The molecule has 230 valence electrons. The van der Waals surface area contributed by atoms with Gasteiger partial charge in [-0.15, -0.1) is 0 Å². The molecule has 9 rings (SSSR count). The number of allylic oxidation sites excluding steroid dienone is 5. The fraction of sp³-hybridized carbons (Fsp3) is 0.106. The van der Waals surface area contributed by atoms with E-state index in [0.717, 1.165) is 5.69 Å². The summed E-state index contributed by atoms with van der Waals surface area (Å²) in [5, 5.41) is 2.66. The second-order valence-corrected chi connectivity index (χ2v) is 13.7. The Kier molecular flexibility index (Phi) is 6.20. The first-order chi connectivity index (χ1) is 23.5. The number of nitrogens with zero attached hydrogens (tertiary/aromatic N) is 1. The quantitative estimate of drug-likeness (QED) is 0.170. The van der Waals surface area contributed by atoms with Gasteiger partial charge in [-0.05, 0) is 86.8 Å². The zero-order valence-corrected chi connectivity index (χ0v) is 27.7. The van der Waals surface area contributed by atoms with Crippen molar-refractivity contribution in [3.63, 3.8) is 0 Å². The lowest BCUT2D eigenvalue weighted by molar-refractivity contribution is 0.666. The summed E-state index contributed by atoms with van der Waals surface area (Å²) in [7, 11) is 0. The molecule has 0 N–H and O–H groups in total. The maximum Gasteiger partial charge on any atom is 0.0710 e. The third kappa shape index (κ3) is 3.67. The highest BCUT2D eigenvalue weighted by Gasteiger charge is 2.45. The van der Waals surface area contributed by atoms with Crippen LogP contribution in [0.3, 0.4) is 0 Å². The lowest BCUT2D eigenvalue weighted by atomic mass is 9.66. The van der Waals surface area contributed by atoms with Crippen LogP contribution in [0.2, 0.25) is 0 Å². The van der Waals surface area contributed by atoms with Crippen LogP contribution < -0.4 is 0 Å². The molecule has 0 aliphatic heterocycles. The van der Waals surface area contributed by atoms with E-state index in [9.17, 15) is 0 Å². The molecule has 0 saturated heterocycles. The van der Waals surface area contributed by atoms with E-state index in [1.54, 1.807) is 0 Å². The fourth-order valence-corrected chi connectivity index (χ4v) is 9.07. The van der Waals surface area contributed by atoms with Crippen molar-refractivity contribution < 1.29 is 0 Å². The van der Waals surface area contributed by atoms with Crippen LogP contribution in [0.15, 0.2) is 170 Å². The van der Waals surface area contributed by atoms with Gasteiger partial charge in [0.2, 0.25) is 0 Å². The predicted octanol–water partition coefficient (Wildman–Crippen LogP) is 12.0. The number of hydrogen-bond acceptors (Lipinski definition) is 0. The van der Waals surface area contributed by atoms with E-state index in [0.29, 0.717) is 0 Å². The van der Waals surface area contributed by atoms with Gasteiger partial charge in [0.1, 0.15) is 0 Å². The Morgan fingerprint density at radius 3 is 2.00 bits per heavy atom. The van der Waals surface area contributed by atoms with Crippen molar-refractivity contribution in [3.8, 4) is 16.8 Å². The standard InChI is InChI=1S/C47H37N/c1-5-6-21-39-31(2)35-18-10-14-23-41(35)47(39,32-16-8-7-9-17-32)33-25-27-34(28-26-33)48-42-24-15-12-20-38(42)44-43(48)30-29-37-36-19-11-13-22-40(36)46(3,4)45(37)44/h5-30H,1H2,2-4H3/b21-6-. The van der Waals surface area contributed by atoms with E-state index < -0.39 is 5.41 Å². The molecule has 2 aliphatic rings. The first-order valence-electron chi connectivity index (χ1n) is 16.9. The van der Waals surface area contributed by atoms with Crippen molar-refractivity contribution in [3.05, 3.63) is 203 Å². The number of para-hydroxylation sites is 1. The van der Waals surface area contributed by atoms with Gasteiger partial charge < -0.3 is 4.57 Å². The van der Waals surface area contributed by atoms with Crippen LogP contribution >= 0.6 is 0 Å². The van der Waals surface area contributed by atoms with Gasteiger partial charge in [0, 0.05) is 21.9 Å². The van der Waals surface area contributed by atoms with Crippen molar-refractivity contribution >= 4 is 27.4 Å². The molecule has 48 heavy (non-hydrogen) atoms. The summed E-state index contributed by atoms with van der Waals surface area (Å²) in [6.07, 6.45) is 6.21. The molecule has 6 aromatic carbocycles. The molecule has 7 aromatic rings. The third-order valence-electron chi connectivity index (χ3n) is 11.1. The SMILES string of the molecule is C=C/C=C\C1=C(C)c2ccccc2C1(c1ccccc1)c1ccc(-n2c3ccccc3c3c4c(ccc32)-c2ccccc2C4(C)C)cc1. The van der Waals surface area contributed by atoms with Crippen molar-refractivity contribution in [2.45, 2.75) is 31.6 Å². The Balaban J connectivity index is 1.29. The summed E-state index contributed by atoms with van der Waals surface area (Å²) in [6, 6.07) is 51.8. The second kappa shape index (κ2) is 10.4. The van der Waals surface area contributed by atoms with Crippen molar-refractivity contribution in [2.75, 3.05) is 0 Å². The summed E-state index contributed by atoms with van der Waals surface area (Å²) < 4.78 is 2.46. The van der Waals surface area contributed by atoms with E-state index in [4.69, 9.17) is 0 Å². The Labute approximate surface area is 282 Å². The van der Waals surface area contributed by atoms with E-state index in [1.165, 1.54) is 77.5 Å². The zero-order valence-electron chi connectivity index (χ0n) is 27.7. The van der Waals surface area contributed by atoms with Gasteiger partial charge in [-0.25, -0.2) is 0 Å². The molecule has 0 bridgehead atoms. The van der Waals surface area contributed by atoms with Crippen LogP contribution in [-0.4, -0.2) is 4.57 Å². The van der Waals surface area contributed by atoms with E-state index in [-0.39, 0.29) is 5.41 Å². The molecule has 0 fully saturated rings. The van der Waals surface area contributed by atoms with Gasteiger partial charge in [-0.3, -0.25) is 0 Å². The van der Waals surface area contributed by atoms with Crippen LogP contribution in [0.5, 0.6) is 0 Å². The van der Waals surface area contributed by atoms with Gasteiger partial charge in [0.25, 0.3) is 0 Å². The van der Waals surface area contributed by atoms with Crippen molar-refractivity contribution in [1.29, 1.82) is 0 Å². The van der Waals surface area contributed by atoms with Gasteiger partial charge in [0.05, 0.1) is 16.4 Å². The third-order valence-corrected chi connectivity index (χ3v) is 11.1.